The first-order valence-corrected chi connectivity index (χ1v) is 9.36. The van der Waals surface area contributed by atoms with Gasteiger partial charge in [0, 0.05) is 50.5 Å². The molecule has 28 heavy (non-hydrogen) atoms. The summed E-state index contributed by atoms with van der Waals surface area (Å²) in [6, 6.07) is 11.5. The van der Waals surface area contributed by atoms with Gasteiger partial charge in [-0.2, -0.15) is 0 Å². The SMILES string of the molecule is CN=C(NCc1cc(F)ccc1F)NCC1CCN(c2cccc(OC)c2)C1. The van der Waals surface area contributed by atoms with Crippen LogP contribution in [-0.2, 0) is 6.54 Å². The molecule has 1 unspecified atom stereocenters. The quantitative estimate of drug-likeness (QED) is 0.590. The van der Waals surface area contributed by atoms with Crippen molar-refractivity contribution in [3.05, 3.63) is 59.7 Å². The molecule has 7 heteroatoms. The summed E-state index contributed by atoms with van der Waals surface area (Å²) in [5.74, 6) is 1.01. The van der Waals surface area contributed by atoms with Crippen LogP contribution in [0.4, 0.5) is 14.5 Å². The molecule has 0 radical (unpaired) electrons. The average molecular weight is 388 g/mol. The summed E-state index contributed by atoms with van der Waals surface area (Å²) in [5, 5.41) is 6.32. The van der Waals surface area contributed by atoms with Crippen LogP contribution in [0.25, 0.3) is 0 Å². The van der Waals surface area contributed by atoms with Gasteiger partial charge < -0.3 is 20.3 Å². The third kappa shape index (κ3) is 5.12. The van der Waals surface area contributed by atoms with Crippen molar-refractivity contribution < 1.29 is 13.5 Å². The second-order valence-corrected chi connectivity index (χ2v) is 6.84. The third-order valence-corrected chi connectivity index (χ3v) is 4.94. The number of benzene rings is 2. The van der Waals surface area contributed by atoms with Crippen LogP contribution >= 0.6 is 0 Å². The molecule has 1 saturated heterocycles. The largest absolute Gasteiger partial charge is 0.497 e. The zero-order valence-electron chi connectivity index (χ0n) is 16.2. The summed E-state index contributed by atoms with van der Waals surface area (Å²) in [5.41, 5.74) is 1.43. The first kappa shape index (κ1) is 19.9. The van der Waals surface area contributed by atoms with Crippen molar-refractivity contribution in [2.45, 2.75) is 13.0 Å². The number of guanidine groups is 1. The highest BCUT2D eigenvalue weighted by Gasteiger charge is 2.23. The number of hydrogen-bond acceptors (Lipinski definition) is 3. The van der Waals surface area contributed by atoms with Crippen molar-refractivity contribution in [3.8, 4) is 5.75 Å². The van der Waals surface area contributed by atoms with Crippen LogP contribution in [0.1, 0.15) is 12.0 Å². The molecule has 0 bridgehead atoms. The maximum Gasteiger partial charge on any atom is 0.191 e. The highest BCUT2D eigenvalue weighted by atomic mass is 19.1. The van der Waals surface area contributed by atoms with Gasteiger partial charge in [-0.05, 0) is 42.7 Å². The van der Waals surface area contributed by atoms with E-state index in [0.29, 0.717) is 11.9 Å². The Bertz CT molecular complexity index is 828. The number of hydrogen-bond donors (Lipinski definition) is 2. The van der Waals surface area contributed by atoms with E-state index in [2.05, 4.69) is 26.6 Å². The Morgan fingerprint density at radius 1 is 1.21 bits per heavy atom. The Hall–Kier alpha value is -2.83. The highest BCUT2D eigenvalue weighted by molar-refractivity contribution is 5.79. The van der Waals surface area contributed by atoms with Crippen LogP contribution in [0.3, 0.4) is 0 Å². The van der Waals surface area contributed by atoms with E-state index in [1.165, 1.54) is 6.07 Å². The van der Waals surface area contributed by atoms with E-state index in [1.54, 1.807) is 14.2 Å². The van der Waals surface area contributed by atoms with Gasteiger partial charge in [-0.3, -0.25) is 4.99 Å². The molecule has 1 aliphatic rings. The predicted octanol–water partition coefficient (Wildman–Crippen LogP) is 3.16. The van der Waals surface area contributed by atoms with E-state index < -0.39 is 11.6 Å². The van der Waals surface area contributed by atoms with E-state index >= 15 is 0 Å². The predicted molar refractivity (Wildman–Crippen MR) is 108 cm³/mol. The van der Waals surface area contributed by atoms with Crippen LogP contribution in [-0.4, -0.2) is 39.8 Å². The van der Waals surface area contributed by atoms with Crippen LogP contribution in [0.15, 0.2) is 47.5 Å². The van der Waals surface area contributed by atoms with Crippen molar-refractivity contribution in [2.24, 2.45) is 10.9 Å². The molecule has 150 valence electrons. The molecule has 0 saturated carbocycles. The Labute approximate surface area is 164 Å². The standard InChI is InChI=1S/C21H26F2N4O/c1-24-21(26-13-16-10-17(22)6-7-20(16)23)25-12-15-8-9-27(14-15)18-4-3-5-19(11-18)28-2/h3-7,10-11,15H,8-9,12-14H2,1-2H3,(H2,24,25,26). The fraction of sp³-hybridized carbons (Fsp3) is 0.381. The zero-order chi connectivity index (χ0) is 19.9. The summed E-state index contributed by atoms with van der Waals surface area (Å²) >= 11 is 0. The summed E-state index contributed by atoms with van der Waals surface area (Å²) < 4.78 is 32.3. The summed E-state index contributed by atoms with van der Waals surface area (Å²) in [7, 11) is 3.33. The molecular weight excluding hydrogens is 362 g/mol. The van der Waals surface area contributed by atoms with Gasteiger partial charge in [0.25, 0.3) is 0 Å². The molecule has 1 fully saturated rings. The number of methoxy groups -OCH3 is 1. The monoisotopic (exact) mass is 388 g/mol. The van der Waals surface area contributed by atoms with Crippen molar-refractivity contribution in [2.75, 3.05) is 38.7 Å². The van der Waals surface area contributed by atoms with E-state index in [9.17, 15) is 8.78 Å². The maximum absolute atomic E-state index is 13.7. The molecule has 0 aromatic heterocycles. The zero-order valence-corrected chi connectivity index (χ0v) is 16.2. The lowest BCUT2D eigenvalue weighted by Crippen LogP contribution is -2.40. The minimum absolute atomic E-state index is 0.171. The molecule has 0 aliphatic carbocycles. The van der Waals surface area contributed by atoms with Gasteiger partial charge in [0.15, 0.2) is 5.96 Å². The third-order valence-electron chi connectivity index (χ3n) is 4.94. The van der Waals surface area contributed by atoms with Crippen molar-refractivity contribution in [1.29, 1.82) is 0 Å². The summed E-state index contributed by atoms with van der Waals surface area (Å²) in [6.45, 7) is 2.85. The molecule has 2 aromatic carbocycles. The van der Waals surface area contributed by atoms with Gasteiger partial charge in [-0.1, -0.05) is 6.07 Å². The van der Waals surface area contributed by atoms with Crippen molar-refractivity contribution in [1.82, 2.24) is 10.6 Å². The number of nitrogens with zero attached hydrogens (tertiary/aromatic N) is 2. The minimum atomic E-state index is -0.454. The van der Waals surface area contributed by atoms with Gasteiger partial charge in [0.1, 0.15) is 17.4 Å². The number of ether oxygens (including phenoxy) is 1. The lowest BCUT2D eigenvalue weighted by Gasteiger charge is -2.20. The molecule has 5 nitrogen and oxygen atoms in total. The summed E-state index contributed by atoms with van der Waals surface area (Å²) in [4.78, 5) is 6.50. The normalized spacial score (nSPS) is 16.9. The lowest BCUT2D eigenvalue weighted by atomic mass is 10.1. The van der Waals surface area contributed by atoms with Crippen LogP contribution in [0.5, 0.6) is 5.75 Å². The lowest BCUT2D eigenvalue weighted by molar-refractivity contribution is 0.415. The van der Waals surface area contributed by atoms with Gasteiger partial charge >= 0.3 is 0 Å². The van der Waals surface area contributed by atoms with Gasteiger partial charge in [0.2, 0.25) is 0 Å². The highest BCUT2D eigenvalue weighted by Crippen LogP contribution is 2.26. The van der Waals surface area contributed by atoms with Crippen molar-refractivity contribution >= 4 is 11.6 Å². The molecule has 2 N–H and O–H groups in total. The molecule has 0 amide bonds. The van der Waals surface area contributed by atoms with Gasteiger partial charge in [-0.15, -0.1) is 0 Å². The Balaban J connectivity index is 1.48. The fourth-order valence-corrected chi connectivity index (χ4v) is 3.36. The van der Waals surface area contributed by atoms with Crippen LogP contribution in [0, 0.1) is 17.6 Å². The topological polar surface area (TPSA) is 48.9 Å². The van der Waals surface area contributed by atoms with E-state index in [4.69, 9.17) is 4.74 Å². The van der Waals surface area contributed by atoms with E-state index in [-0.39, 0.29) is 12.1 Å². The first-order chi connectivity index (χ1) is 13.6. The molecule has 1 atom stereocenters. The maximum atomic E-state index is 13.7. The number of nitrogens with one attached hydrogen (secondary N) is 2. The average Bonchev–Trinajstić information content (AvgIpc) is 3.19. The molecule has 1 heterocycles. The molecular formula is C21H26F2N4O. The summed E-state index contributed by atoms with van der Waals surface area (Å²) in [6.07, 6.45) is 1.07. The second kappa shape index (κ2) is 9.39. The fourth-order valence-electron chi connectivity index (χ4n) is 3.36. The molecule has 1 aliphatic heterocycles. The first-order valence-electron chi connectivity index (χ1n) is 9.36. The number of rotatable bonds is 6. The van der Waals surface area contributed by atoms with Crippen LogP contribution in [0.2, 0.25) is 0 Å². The Morgan fingerprint density at radius 3 is 2.86 bits per heavy atom. The van der Waals surface area contributed by atoms with Gasteiger partial charge in [-0.25, -0.2) is 8.78 Å². The molecule has 3 rings (SSSR count). The number of anilines is 1. The molecule has 2 aromatic rings. The van der Waals surface area contributed by atoms with E-state index in [0.717, 1.165) is 49.6 Å². The van der Waals surface area contributed by atoms with Gasteiger partial charge in [0.05, 0.1) is 7.11 Å². The van der Waals surface area contributed by atoms with E-state index in [1.807, 2.05) is 18.2 Å². The number of aliphatic imine (C=N–C) groups is 1. The van der Waals surface area contributed by atoms with Crippen molar-refractivity contribution in [3.63, 3.8) is 0 Å². The minimum Gasteiger partial charge on any atom is -0.497 e. The smallest absolute Gasteiger partial charge is 0.191 e. The molecule has 0 spiro atoms. The number of halogens is 2. The Kier molecular flexibility index (Phi) is 6.68. The second-order valence-electron chi connectivity index (χ2n) is 6.84. The Morgan fingerprint density at radius 2 is 2.07 bits per heavy atom. The van der Waals surface area contributed by atoms with Crippen LogP contribution < -0.4 is 20.3 Å².